The van der Waals surface area contributed by atoms with Gasteiger partial charge in [-0.1, -0.05) is 6.92 Å². The highest BCUT2D eigenvalue weighted by atomic mass is 35.5. The van der Waals surface area contributed by atoms with Gasteiger partial charge in [0.2, 0.25) is 0 Å². The third-order valence-corrected chi connectivity index (χ3v) is 1.40. The minimum Gasteiger partial charge on any atom is -0.237 e. The summed E-state index contributed by atoms with van der Waals surface area (Å²) in [5.41, 5.74) is 0. The van der Waals surface area contributed by atoms with Crippen molar-refractivity contribution in [3.05, 3.63) is 0 Å². The molecule has 1 radical (unpaired) electrons. The Bertz CT molecular complexity index is 39.1. The second-order valence-electron chi connectivity index (χ2n) is 1.50. The second kappa shape index (κ2) is 4.41. The fourth-order valence-corrected chi connectivity index (χ4v) is 0.421. The number of hydrogen-bond acceptors (Lipinski definition) is 0. The largest absolute Gasteiger partial charge is 0.237 e. The minimum atomic E-state index is -0.0397. The summed E-state index contributed by atoms with van der Waals surface area (Å²) in [6.45, 7) is 1.94. The third-order valence-electron chi connectivity index (χ3n) is 0.874. The first kappa shape index (κ1) is 7.25. The van der Waals surface area contributed by atoms with Gasteiger partial charge in [-0.15, -0.1) is 11.6 Å². The molecular formula is C5H10ClO. The van der Waals surface area contributed by atoms with E-state index in [4.69, 9.17) is 11.6 Å². The summed E-state index contributed by atoms with van der Waals surface area (Å²) < 4.78 is 0. The highest BCUT2D eigenvalue weighted by Crippen LogP contribution is 2.03. The number of rotatable bonds is 3. The lowest BCUT2D eigenvalue weighted by Crippen LogP contribution is -1.97. The van der Waals surface area contributed by atoms with E-state index in [1.165, 1.54) is 0 Å². The van der Waals surface area contributed by atoms with Crippen LogP contribution in [0, 0.1) is 0 Å². The molecule has 1 nitrogen and oxygen atoms in total. The summed E-state index contributed by atoms with van der Waals surface area (Å²) in [5, 5.41) is 9.92. The Balaban J connectivity index is 2.83. The van der Waals surface area contributed by atoms with Crippen LogP contribution in [-0.4, -0.2) is 12.0 Å². The molecule has 0 aliphatic carbocycles. The maximum atomic E-state index is 9.81. The van der Waals surface area contributed by atoms with Gasteiger partial charge in [0.05, 0.1) is 6.61 Å². The van der Waals surface area contributed by atoms with Gasteiger partial charge in [0, 0.05) is 5.38 Å². The Morgan fingerprint density at radius 1 is 1.71 bits per heavy atom. The summed E-state index contributed by atoms with van der Waals surface area (Å²) in [4.78, 5) is 0. The van der Waals surface area contributed by atoms with Gasteiger partial charge in [-0.05, 0) is 12.8 Å². The van der Waals surface area contributed by atoms with Gasteiger partial charge in [0.1, 0.15) is 0 Å². The third kappa shape index (κ3) is 4.10. The molecule has 0 aromatic carbocycles. The van der Waals surface area contributed by atoms with Crippen LogP contribution in [0.5, 0.6) is 0 Å². The first-order valence-corrected chi connectivity index (χ1v) is 2.97. The van der Waals surface area contributed by atoms with E-state index in [0.717, 1.165) is 6.42 Å². The van der Waals surface area contributed by atoms with E-state index in [0.29, 0.717) is 6.42 Å². The Morgan fingerprint density at radius 3 is 2.43 bits per heavy atom. The Labute approximate surface area is 49.3 Å². The highest BCUT2D eigenvalue weighted by Gasteiger charge is 1.97. The zero-order valence-electron chi connectivity index (χ0n) is 4.48. The summed E-state index contributed by atoms with van der Waals surface area (Å²) in [7, 11) is 0. The summed E-state index contributed by atoms with van der Waals surface area (Å²) in [6.07, 6.45) is 1.52. The molecule has 0 heterocycles. The topological polar surface area (TPSA) is 19.9 Å². The van der Waals surface area contributed by atoms with Crippen molar-refractivity contribution in [2.24, 2.45) is 0 Å². The van der Waals surface area contributed by atoms with Gasteiger partial charge in [-0.3, -0.25) is 0 Å². The van der Waals surface area contributed by atoms with Gasteiger partial charge in [0.15, 0.2) is 0 Å². The monoisotopic (exact) mass is 121 g/mol. The molecular weight excluding hydrogens is 112 g/mol. The van der Waals surface area contributed by atoms with Crippen LogP contribution < -0.4 is 0 Å². The molecule has 0 N–H and O–H groups in total. The zero-order chi connectivity index (χ0) is 5.70. The standard InChI is InChI=1S/C5H10ClO/c1-2-5(6)3-4-7/h5H,2-4H2,1H3. The first-order chi connectivity index (χ1) is 3.31. The summed E-state index contributed by atoms with van der Waals surface area (Å²) >= 11 is 5.57. The number of hydrogen-bond donors (Lipinski definition) is 0. The van der Waals surface area contributed by atoms with Crippen LogP contribution in [-0.2, 0) is 5.11 Å². The second-order valence-corrected chi connectivity index (χ2v) is 2.12. The van der Waals surface area contributed by atoms with Crippen molar-refractivity contribution in [1.29, 1.82) is 0 Å². The molecule has 0 rings (SSSR count). The van der Waals surface area contributed by atoms with E-state index >= 15 is 0 Å². The highest BCUT2D eigenvalue weighted by molar-refractivity contribution is 6.20. The van der Waals surface area contributed by atoms with Gasteiger partial charge in [-0.25, -0.2) is 5.11 Å². The van der Waals surface area contributed by atoms with E-state index in [9.17, 15) is 5.11 Å². The average molecular weight is 122 g/mol. The van der Waals surface area contributed by atoms with Crippen molar-refractivity contribution in [3.63, 3.8) is 0 Å². The van der Waals surface area contributed by atoms with Crippen molar-refractivity contribution in [2.75, 3.05) is 6.61 Å². The lowest BCUT2D eigenvalue weighted by Gasteiger charge is -1.98. The van der Waals surface area contributed by atoms with Crippen LogP contribution >= 0.6 is 11.6 Å². The fraction of sp³-hybridized carbons (Fsp3) is 1.00. The predicted octanol–water partition coefficient (Wildman–Crippen LogP) is 1.82. The first-order valence-electron chi connectivity index (χ1n) is 2.53. The van der Waals surface area contributed by atoms with Crippen LogP contribution in [0.3, 0.4) is 0 Å². The Hall–Kier alpha value is 0.250. The molecule has 0 spiro atoms. The molecule has 1 atom stereocenters. The van der Waals surface area contributed by atoms with Gasteiger partial charge in [-0.2, -0.15) is 0 Å². The predicted molar refractivity (Wildman–Crippen MR) is 30.1 cm³/mol. The number of halogens is 1. The van der Waals surface area contributed by atoms with E-state index in [2.05, 4.69) is 0 Å². The molecule has 7 heavy (non-hydrogen) atoms. The Kier molecular flexibility index (Phi) is 4.57. The average Bonchev–Trinajstić information content (AvgIpc) is 1.68. The fourth-order valence-electron chi connectivity index (χ4n) is 0.332. The molecule has 0 bridgehead atoms. The van der Waals surface area contributed by atoms with Crippen molar-refractivity contribution in [2.45, 2.75) is 25.1 Å². The molecule has 0 saturated carbocycles. The molecule has 0 aromatic rings. The van der Waals surface area contributed by atoms with E-state index in [-0.39, 0.29) is 12.0 Å². The lowest BCUT2D eigenvalue weighted by molar-refractivity contribution is 0.187. The maximum Gasteiger partial charge on any atom is 0.0836 e. The lowest BCUT2D eigenvalue weighted by atomic mass is 10.3. The summed E-state index contributed by atoms with van der Waals surface area (Å²) in [6, 6.07) is 0. The van der Waals surface area contributed by atoms with Crippen molar-refractivity contribution >= 4 is 11.6 Å². The van der Waals surface area contributed by atoms with E-state index in [1.807, 2.05) is 6.92 Å². The Morgan fingerprint density at radius 2 is 2.29 bits per heavy atom. The zero-order valence-corrected chi connectivity index (χ0v) is 5.24. The van der Waals surface area contributed by atoms with Gasteiger partial charge in [0.25, 0.3) is 0 Å². The maximum absolute atomic E-state index is 9.81. The molecule has 2 heteroatoms. The van der Waals surface area contributed by atoms with Crippen LogP contribution in [0.25, 0.3) is 0 Å². The smallest absolute Gasteiger partial charge is 0.0836 e. The minimum absolute atomic E-state index is 0.0397. The molecule has 0 aliphatic rings. The van der Waals surface area contributed by atoms with Crippen LogP contribution in [0.1, 0.15) is 19.8 Å². The van der Waals surface area contributed by atoms with Gasteiger partial charge >= 0.3 is 0 Å². The van der Waals surface area contributed by atoms with Crippen LogP contribution in [0.15, 0.2) is 0 Å². The van der Waals surface area contributed by atoms with Crippen molar-refractivity contribution in [1.82, 2.24) is 0 Å². The molecule has 0 fully saturated rings. The van der Waals surface area contributed by atoms with Gasteiger partial charge < -0.3 is 0 Å². The summed E-state index contributed by atoms with van der Waals surface area (Å²) in [5.74, 6) is 0. The number of alkyl halides is 1. The normalized spacial score (nSPS) is 14.1. The van der Waals surface area contributed by atoms with Crippen molar-refractivity contribution < 1.29 is 5.11 Å². The van der Waals surface area contributed by atoms with Crippen LogP contribution in [0.4, 0.5) is 0 Å². The van der Waals surface area contributed by atoms with E-state index < -0.39 is 0 Å². The molecule has 0 saturated heterocycles. The van der Waals surface area contributed by atoms with Crippen molar-refractivity contribution in [3.8, 4) is 0 Å². The van der Waals surface area contributed by atoms with E-state index in [1.54, 1.807) is 0 Å². The SMILES string of the molecule is CCC(Cl)CC[O]. The molecule has 0 amide bonds. The van der Waals surface area contributed by atoms with Crippen LogP contribution in [0.2, 0.25) is 0 Å². The molecule has 43 valence electrons. The molecule has 0 aliphatic heterocycles. The quantitative estimate of drug-likeness (QED) is 0.508. The molecule has 0 aromatic heterocycles. The molecule has 1 unspecified atom stereocenters.